The molecule has 0 spiro atoms. The first-order chi connectivity index (χ1) is 12.7. The summed E-state index contributed by atoms with van der Waals surface area (Å²) >= 11 is 0. The maximum Gasteiger partial charge on any atom is 0.261 e. The van der Waals surface area contributed by atoms with E-state index in [4.69, 9.17) is 10.2 Å². The van der Waals surface area contributed by atoms with Crippen molar-refractivity contribution < 1.29 is 0 Å². The lowest BCUT2D eigenvalue weighted by Crippen LogP contribution is -2.24. The summed E-state index contributed by atoms with van der Waals surface area (Å²) in [5, 5.41) is 9.54. The number of nitrogens with zero attached hydrogens (tertiary/aromatic N) is 4. The molecule has 4 rings (SSSR count). The van der Waals surface area contributed by atoms with Crippen LogP contribution in [0, 0.1) is 23.2 Å². The third-order valence-corrected chi connectivity index (χ3v) is 4.52. The zero-order chi connectivity index (χ0) is 17.9. The van der Waals surface area contributed by atoms with E-state index in [1.807, 2.05) is 22.8 Å². The Bertz CT molecular complexity index is 1160. The fourth-order valence-corrected chi connectivity index (χ4v) is 3.20. The van der Waals surface area contributed by atoms with Gasteiger partial charge in [0.25, 0.3) is 5.56 Å². The molecule has 0 atom stereocenters. The molecule has 0 saturated heterocycles. The largest absolute Gasteiger partial charge is 0.296 e. The Kier molecular flexibility index (Phi) is 4.21. The highest BCUT2D eigenvalue weighted by molar-refractivity contribution is 5.79. The highest BCUT2D eigenvalue weighted by Crippen LogP contribution is 2.16. The fourth-order valence-electron chi connectivity index (χ4n) is 3.20. The van der Waals surface area contributed by atoms with E-state index in [1.165, 1.54) is 0 Å². The lowest BCUT2D eigenvalue weighted by molar-refractivity contribution is 0.614. The van der Waals surface area contributed by atoms with Crippen LogP contribution in [0.3, 0.4) is 0 Å². The molecule has 0 bridgehead atoms. The summed E-state index contributed by atoms with van der Waals surface area (Å²) in [6.07, 6.45) is 4.06. The summed E-state index contributed by atoms with van der Waals surface area (Å²) in [5.41, 5.74) is 2.38. The molecule has 126 valence electrons. The summed E-state index contributed by atoms with van der Waals surface area (Å²) in [7, 11) is 0. The van der Waals surface area contributed by atoms with Gasteiger partial charge in [0.1, 0.15) is 23.3 Å². The molecule has 3 aromatic rings. The van der Waals surface area contributed by atoms with Gasteiger partial charge in [0, 0.05) is 18.5 Å². The van der Waals surface area contributed by atoms with Gasteiger partial charge in [0.15, 0.2) is 0 Å². The van der Waals surface area contributed by atoms with Gasteiger partial charge in [-0.2, -0.15) is 5.26 Å². The van der Waals surface area contributed by atoms with Gasteiger partial charge in [-0.25, -0.2) is 9.97 Å². The van der Waals surface area contributed by atoms with Crippen LogP contribution in [0.15, 0.2) is 41.2 Å². The second kappa shape index (κ2) is 6.82. The Morgan fingerprint density at radius 1 is 1.00 bits per heavy atom. The van der Waals surface area contributed by atoms with Crippen molar-refractivity contribution in [2.75, 3.05) is 0 Å². The van der Waals surface area contributed by atoms with Crippen molar-refractivity contribution in [3.63, 3.8) is 0 Å². The zero-order valence-corrected chi connectivity index (χ0v) is 14.2. The smallest absolute Gasteiger partial charge is 0.261 e. The SMILES string of the molecule is N#Cc1cccc(C#Cc2ccc3c(=O)n4c(nc3c2)CCCCC4)n1. The minimum atomic E-state index is 0.0368. The van der Waals surface area contributed by atoms with Gasteiger partial charge < -0.3 is 0 Å². The number of fused-ring (bicyclic) bond motifs is 2. The number of hydrogen-bond acceptors (Lipinski definition) is 4. The highest BCUT2D eigenvalue weighted by atomic mass is 16.1. The van der Waals surface area contributed by atoms with Gasteiger partial charge in [-0.3, -0.25) is 9.36 Å². The predicted octanol–water partition coefficient (Wildman–Crippen LogP) is 2.79. The molecular formula is C21H16N4O. The second-order valence-corrected chi connectivity index (χ2v) is 6.30. The first kappa shape index (κ1) is 16.1. The number of pyridine rings is 1. The van der Waals surface area contributed by atoms with Crippen LogP contribution in [-0.4, -0.2) is 14.5 Å². The molecule has 1 aromatic carbocycles. The van der Waals surface area contributed by atoms with E-state index >= 15 is 0 Å². The summed E-state index contributed by atoms with van der Waals surface area (Å²) in [6.45, 7) is 0.750. The van der Waals surface area contributed by atoms with Crippen molar-refractivity contribution in [2.45, 2.75) is 32.2 Å². The molecule has 0 unspecified atom stereocenters. The topological polar surface area (TPSA) is 71.6 Å². The van der Waals surface area contributed by atoms with Gasteiger partial charge in [0.2, 0.25) is 0 Å². The number of aryl methyl sites for hydroxylation is 1. The molecule has 0 fully saturated rings. The van der Waals surface area contributed by atoms with Crippen molar-refractivity contribution in [3.05, 3.63) is 69.5 Å². The van der Waals surface area contributed by atoms with Gasteiger partial charge >= 0.3 is 0 Å². The average molecular weight is 340 g/mol. The number of benzene rings is 1. The standard InChI is InChI=1S/C21H16N4O/c22-14-17-6-4-5-16(23-17)10-8-15-9-11-18-19(13-15)24-20-7-2-1-3-12-25(20)21(18)26/h4-6,9,11,13H,1-3,7,12H2. The third kappa shape index (κ3) is 3.08. The summed E-state index contributed by atoms with van der Waals surface area (Å²) in [5.74, 6) is 6.88. The summed E-state index contributed by atoms with van der Waals surface area (Å²) in [6, 6.07) is 12.6. The Balaban J connectivity index is 1.76. The van der Waals surface area contributed by atoms with Crippen LogP contribution in [0.25, 0.3) is 10.9 Å². The Morgan fingerprint density at radius 3 is 2.77 bits per heavy atom. The molecule has 0 radical (unpaired) electrons. The molecule has 0 saturated carbocycles. The van der Waals surface area contributed by atoms with Crippen LogP contribution in [0.5, 0.6) is 0 Å². The van der Waals surface area contributed by atoms with Crippen LogP contribution in [-0.2, 0) is 13.0 Å². The van der Waals surface area contributed by atoms with Crippen LogP contribution in [0.4, 0.5) is 0 Å². The van der Waals surface area contributed by atoms with Crippen LogP contribution in [0.2, 0.25) is 0 Å². The van der Waals surface area contributed by atoms with Crippen molar-refractivity contribution in [1.82, 2.24) is 14.5 Å². The molecule has 5 nitrogen and oxygen atoms in total. The fraction of sp³-hybridized carbons (Fsp3) is 0.238. The lowest BCUT2D eigenvalue weighted by atomic mass is 10.1. The van der Waals surface area contributed by atoms with E-state index in [2.05, 4.69) is 16.8 Å². The molecule has 3 heterocycles. The number of nitriles is 1. The van der Waals surface area contributed by atoms with E-state index in [0.717, 1.165) is 43.6 Å². The van der Waals surface area contributed by atoms with Gasteiger partial charge in [-0.05, 0) is 49.1 Å². The minimum absolute atomic E-state index is 0.0368. The van der Waals surface area contributed by atoms with Crippen molar-refractivity contribution in [3.8, 4) is 17.9 Å². The lowest BCUT2D eigenvalue weighted by Gasteiger charge is -2.10. The van der Waals surface area contributed by atoms with Crippen LogP contribution < -0.4 is 5.56 Å². The molecule has 0 N–H and O–H groups in total. The highest BCUT2D eigenvalue weighted by Gasteiger charge is 2.13. The summed E-state index contributed by atoms with van der Waals surface area (Å²) in [4.78, 5) is 21.6. The van der Waals surface area contributed by atoms with Crippen molar-refractivity contribution in [1.29, 1.82) is 5.26 Å². The molecule has 0 aliphatic carbocycles. The summed E-state index contributed by atoms with van der Waals surface area (Å²) < 4.78 is 1.82. The molecule has 1 aliphatic heterocycles. The minimum Gasteiger partial charge on any atom is -0.296 e. The number of aromatic nitrogens is 3. The van der Waals surface area contributed by atoms with Crippen molar-refractivity contribution >= 4 is 10.9 Å². The second-order valence-electron chi connectivity index (χ2n) is 6.30. The first-order valence-electron chi connectivity index (χ1n) is 8.67. The van der Waals surface area contributed by atoms with Gasteiger partial charge in [0.05, 0.1) is 10.9 Å². The molecular weight excluding hydrogens is 324 g/mol. The maximum atomic E-state index is 12.7. The molecule has 5 heteroatoms. The number of rotatable bonds is 0. The van der Waals surface area contributed by atoms with E-state index < -0.39 is 0 Å². The quantitative estimate of drug-likeness (QED) is 0.590. The normalized spacial score (nSPS) is 13.2. The van der Waals surface area contributed by atoms with E-state index in [9.17, 15) is 4.79 Å². The Morgan fingerprint density at radius 2 is 1.88 bits per heavy atom. The molecule has 0 amide bonds. The number of hydrogen-bond donors (Lipinski definition) is 0. The third-order valence-electron chi connectivity index (χ3n) is 4.52. The van der Waals surface area contributed by atoms with E-state index in [-0.39, 0.29) is 5.56 Å². The Hall–Kier alpha value is -3.44. The van der Waals surface area contributed by atoms with Gasteiger partial charge in [-0.1, -0.05) is 18.4 Å². The zero-order valence-electron chi connectivity index (χ0n) is 14.2. The Labute approximate surface area is 151 Å². The van der Waals surface area contributed by atoms with E-state index in [1.54, 1.807) is 24.3 Å². The van der Waals surface area contributed by atoms with Crippen LogP contribution >= 0.6 is 0 Å². The molecule has 1 aliphatic rings. The predicted molar refractivity (Wildman–Crippen MR) is 98.5 cm³/mol. The average Bonchev–Trinajstić information content (AvgIpc) is 2.92. The van der Waals surface area contributed by atoms with E-state index in [0.29, 0.717) is 22.3 Å². The molecule has 2 aromatic heterocycles. The van der Waals surface area contributed by atoms with Crippen LogP contribution in [0.1, 0.15) is 42.0 Å². The first-order valence-corrected chi connectivity index (χ1v) is 8.67. The maximum absolute atomic E-state index is 12.7. The molecule has 26 heavy (non-hydrogen) atoms. The van der Waals surface area contributed by atoms with Gasteiger partial charge in [-0.15, -0.1) is 0 Å². The van der Waals surface area contributed by atoms with Crippen molar-refractivity contribution in [2.24, 2.45) is 0 Å². The monoisotopic (exact) mass is 340 g/mol.